The van der Waals surface area contributed by atoms with E-state index in [4.69, 9.17) is 0 Å². The molecule has 1 aromatic carbocycles. The minimum Gasteiger partial charge on any atom is -0.355 e. The summed E-state index contributed by atoms with van der Waals surface area (Å²) in [4.78, 5) is 22.9. The summed E-state index contributed by atoms with van der Waals surface area (Å²) in [5, 5.41) is 6.75. The van der Waals surface area contributed by atoms with Crippen molar-refractivity contribution in [3.8, 4) is 0 Å². The Morgan fingerprint density at radius 3 is 2.59 bits per heavy atom. The Kier molecular flexibility index (Phi) is 7.45. The number of hydrogen-bond acceptors (Lipinski definition) is 2. The van der Waals surface area contributed by atoms with Crippen molar-refractivity contribution in [2.24, 2.45) is 0 Å². The summed E-state index contributed by atoms with van der Waals surface area (Å²) in [6.07, 6.45) is 0.828. The van der Waals surface area contributed by atoms with Crippen LogP contribution in [-0.2, 0) is 9.59 Å². The SMILES string of the molecule is CCCNC(=O)CNC(=O)C[NH2+][C@H](C)c1ccc(F)cc1F. The van der Waals surface area contributed by atoms with E-state index >= 15 is 0 Å². The molecule has 0 saturated heterocycles. The van der Waals surface area contributed by atoms with Gasteiger partial charge in [-0.2, -0.15) is 0 Å². The minimum absolute atomic E-state index is 0.0546. The molecule has 2 amide bonds. The van der Waals surface area contributed by atoms with Crippen molar-refractivity contribution in [2.75, 3.05) is 19.6 Å². The molecule has 0 spiro atoms. The monoisotopic (exact) mass is 314 g/mol. The van der Waals surface area contributed by atoms with Gasteiger partial charge in [-0.1, -0.05) is 6.92 Å². The molecule has 0 radical (unpaired) electrons. The molecule has 1 atom stereocenters. The van der Waals surface area contributed by atoms with Crippen molar-refractivity contribution < 1.29 is 23.7 Å². The summed E-state index contributed by atoms with van der Waals surface area (Å²) in [6.45, 7) is 4.20. The highest BCUT2D eigenvalue weighted by molar-refractivity contribution is 5.84. The van der Waals surface area contributed by atoms with E-state index in [0.717, 1.165) is 12.5 Å². The zero-order valence-corrected chi connectivity index (χ0v) is 12.8. The van der Waals surface area contributed by atoms with Crippen molar-refractivity contribution in [1.82, 2.24) is 10.6 Å². The lowest BCUT2D eigenvalue weighted by Crippen LogP contribution is -2.87. The predicted molar refractivity (Wildman–Crippen MR) is 77.9 cm³/mol. The van der Waals surface area contributed by atoms with Gasteiger partial charge < -0.3 is 16.0 Å². The van der Waals surface area contributed by atoms with Crippen LogP contribution in [0.2, 0.25) is 0 Å². The molecule has 0 heterocycles. The number of rotatable bonds is 8. The lowest BCUT2D eigenvalue weighted by atomic mass is 10.1. The maximum atomic E-state index is 13.6. The third-order valence-electron chi connectivity index (χ3n) is 3.13. The average molecular weight is 314 g/mol. The Morgan fingerprint density at radius 2 is 1.95 bits per heavy atom. The highest BCUT2D eigenvalue weighted by atomic mass is 19.1. The Morgan fingerprint density at radius 1 is 1.23 bits per heavy atom. The van der Waals surface area contributed by atoms with E-state index in [1.54, 1.807) is 12.2 Å². The second-order valence-corrected chi connectivity index (χ2v) is 5.02. The van der Waals surface area contributed by atoms with Gasteiger partial charge in [0.2, 0.25) is 5.91 Å². The van der Waals surface area contributed by atoms with E-state index in [2.05, 4.69) is 10.6 Å². The maximum absolute atomic E-state index is 13.6. The molecular weight excluding hydrogens is 292 g/mol. The summed E-state index contributed by atoms with van der Waals surface area (Å²) in [5.41, 5.74) is 0.329. The number of quaternary nitrogens is 1. The highest BCUT2D eigenvalue weighted by Crippen LogP contribution is 2.14. The minimum atomic E-state index is -0.636. The Balaban J connectivity index is 2.35. The van der Waals surface area contributed by atoms with Crippen LogP contribution in [0.1, 0.15) is 31.9 Å². The van der Waals surface area contributed by atoms with Gasteiger partial charge in [-0.05, 0) is 25.5 Å². The van der Waals surface area contributed by atoms with Gasteiger partial charge >= 0.3 is 0 Å². The van der Waals surface area contributed by atoms with Crippen molar-refractivity contribution in [1.29, 1.82) is 0 Å². The number of benzene rings is 1. The molecule has 0 unspecified atom stereocenters. The molecule has 0 bridgehead atoms. The summed E-state index contributed by atoms with van der Waals surface area (Å²) in [7, 11) is 0. The first-order valence-electron chi connectivity index (χ1n) is 7.25. The van der Waals surface area contributed by atoms with Gasteiger partial charge in [0.1, 0.15) is 17.7 Å². The normalized spacial score (nSPS) is 11.8. The van der Waals surface area contributed by atoms with Crippen molar-refractivity contribution in [2.45, 2.75) is 26.3 Å². The Hall–Kier alpha value is -2.02. The second-order valence-electron chi connectivity index (χ2n) is 5.02. The van der Waals surface area contributed by atoms with Crippen LogP contribution in [0.25, 0.3) is 0 Å². The fourth-order valence-electron chi connectivity index (χ4n) is 1.86. The summed E-state index contributed by atoms with van der Waals surface area (Å²) >= 11 is 0. The van der Waals surface area contributed by atoms with Crippen LogP contribution in [0.5, 0.6) is 0 Å². The van der Waals surface area contributed by atoms with Crippen LogP contribution < -0.4 is 16.0 Å². The first-order valence-corrected chi connectivity index (χ1v) is 7.25. The van der Waals surface area contributed by atoms with Gasteiger partial charge in [0, 0.05) is 18.2 Å². The van der Waals surface area contributed by atoms with Gasteiger partial charge in [-0.25, -0.2) is 8.78 Å². The topological polar surface area (TPSA) is 74.8 Å². The van der Waals surface area contributed by atoms with Gasteiger partial charge in [-0.3, -0.25) is 9.59 Å². The molecule has 122 valence electrons. The number of halogens is 2. The quantitative estimate of drug-likeness (QED) is 0.643. The van der Waals surface area contributed by atoms with Crippen LogP contribution in [0.4, 0.5) is 8.78 Å². The molecule has 0 fully saturated rings. The molecule has 0 aromatic heterocycles. The lowest BCUT2D eigenvalue weighted by molar-refractivity contribution is -0.682. The van der Waals surface area contributed by atoms with Crippen molar-refractivity contribution in [3.05, 3.63) is 35.4 Å². The first kappa shape index (κ1) is 18.0. The van der Waals surface area contributed by atoms with Gasteiger partial charge in [0.25, 0.3) is 5.91 Å². The molecule has 4 N–H and O–H groups in total. The number of nitrogens with one attached hydrogen (secondary N) is 2. The summed E-state index contributed by atoms with van der Waals surface area (Å²) in [5.74, 6) is -1.83. The van der Waals surface area contributed by atoms with Crippen LogP contribution >= 0.6 is 0 Å². The van der Waals surface area contributed by atoms with Gasteiger partial charge in [-0.15, -0.1) is 0 Å². The largest absolute Gasteiger partial charge is 0.355 e. The standard InChI is InChI=1S/C15H21F2N3O2/c1-3-6-18-14(21)9-20-15(22)8-19-10(2)12-5-4-11(16)7-13(12)17/h4-5,7,10,19H,3,6,8-9H2,1-2H3,(H,18,21)(H,20,22)/p+1/t10-/m1/s1. The number of amides is 2. The summed E-state index contributed by atoms with van der Waals surface area (Å²) < 4.78 is 26.4. The zero-order valence-electron chi connectivity index (χ0n) is 12.8. The van der Waals surface area contributed by atoms with Crippen molar-refractivity contribution >= 4 is 11.8 Å². The molecule has 0 aliphatic carbocycles. The third kappa shape index (κ3) is 6.17. The van der Waals surface area contributed by atoms with Crippen LogP contribution in [0.3, 0.4) is 0 Å². The molecular formula is C15H22F2N3O2+. The molecule has 0 aliphatic heterocycles. The summed E-state index contributed by atoms with van der Waals surface area (Å²) in [6, 6.07) is 3.03. The Labute approximate surface area is 128 Å². The van der Waals surface area contributed by atoms with E-state index in [0.29, 0.717) is 12.1 Å². The zero-order chi connectivity index (χ0) is 16.5. The maximum Gasteiger partial charge on any atom is 0.275 e. The van der Waals surface area contributed by atoms with Crippen molar-refractivity contribution in [3.63, 3.8) is 0 Å². The van der Waals surface area contributed by atoms with Gasteiger partial charge in [0.15, 0.2) is 6.54 Å². The first-order chi connectivity index (χ1) is 10.4. The van der Waals surface area contributed by atoms with Crippen LogP contribution in [0, 0.1) is 11.6 Å². The molecule has 1 aromatic rings. The van der Waals surface area contributed by atoms with E-state index in [1.807, 2.05) is 6.92 Å². The Bertz CT molecular complexity index is 524. The fraction of sp³-hybridized carbons (Fsp3) is 0.467. The van der Waals surface area contributed by atoms with Crippen LogP contribution in [-0.4, -0.2) is 31.4 Å². The van der Waals surface area contributed by atoms with E-state index in [9.17, 15) is 18.4 Å². The number of carbonyl (C=O) groups is 2. The predicted octanol–water partition coefficient (Wildman–Crippen LogP) is 0.232. The lowest BCUT2D eigenvalue weighted by Gasteiger charge is -2.12. The molecule has 22 heavy (non-hydrogen) atoms. The molecule has 5 nitrogen and oxygen atoms in total. The highest BCUT2D eigenvalue weighted by Gasteiger charge is 2.16. The number of nitrogens with two attached hydrogens (primary N) is 1. The third-order valence-corrected chi connectivity index (χ3v) is 3.13. The smallest absolute Gasteiger partial charge is 0.275 e. The van der Waals surface area contributed by atoms with E-state index in [-0.39, 0.29) is 30.9 Å². The van der Waals surface area contributed by atoms with E-state index < -0.39 is 11.6 Å². The van der Waals surface area contributed by atoms with Crippen LogP contribution in [0.15, 0.2) is 18.2 Å². The number of hydrogen-bond donors (Lipinski definition) is 3. The molecule has 0 saturated carbocycles. The number of carbonyl (C=O) groups excluding carboxylic acids is 2. The molecule has 0 aliphatic rings. The average Bonchev–Trinajstić information content (AvgIpc) is 2.48. The second kappa shape index (κ2) is 9.09. The molecule has 1 rings (SSSR count). The van der Waals surface area contributed by atoms with Gasteiger partial charge in [0.05, 0.1) is 6.54 Å². The molecule has 7 heteroatoms. The van der Waals surface area contributed by atoms with E-state index in [1.165, 1.54) is 12.1 Å². The fourth-order valence-corrected chi connectivity index (χ4v) is 1.86.